The van der Waals surface area contributed by atoms with Crippen molar-refractivity contribution in [1.82, 2.24) is 0 Å². The summed E-state index contributed by atoms with van der Waals surface area (Å²) in [5.41, 5.74) is 6.91. The maximum Gasteiger partial charge on any atom is 0.345 e. The van der Waals surface area contributed by atoms with Gasteiger partial charge in [-0.3, -0.25) is 0 Å². The van der Waals surface area contributed by atoms with Crippen molar-refractivity contribution in [3.05, 3.63) is 45.4 Å². The minimum atomic E-state index is -0.917. The molecule has 19 heavy (non-hydrogen) atoms. The molecule has 3 nitrogen and oxygen atoms in total. The quantitative estimate of drug-likeness (QED) is 0.666. The topological polar surface area (TPSA) is 63.3 Å². The van der Waals surface area contributed by atoms with E-state index in [2.05, 4.69) is 0 Å². The molecule has 2 aromatic rings. The molecule has 3 N–H and O–H groups in total. The number of aryl methyl sites for hydroxylation is 1. The Morgan fingerprint density at radius 2 is 2.16 bits per heavy atom. The number of benzene rings is 1. The number of anilines is 1. The molecule has 1 aromatic carbocycles. The van der Waals surface area contributed by atoms with E-state index in [1.54, 1.807) is 12.1 Å². The van der Waals surface area contributed by atoms with E-state index in [0.29, 0.717) is 16.3 Å². The SMILES string of the molecule is Cc1sc(C(=O)O)cc1CSc1cc(N)cc(F)c1. The van der Waals surface area contributed by atoms with Crippen LogP contribution >= 0.6 is 23.1 Å². The molecule has 0 spiro atoms. The molecule has 2 rings (SSSR count). The van der Waals surface area contributed by atoms with Crippen LogP contribution in [0.5, 0.6) is 0 Å². The van der Waals surface area contributed by atoms with Gasteiger partial charge in [0.15, 0.2) is 0 Å². The number of carboxylic acids is 1. The third-order valence-corrected chi connectivity index (χ3v) is 4.62. The van der Waals surface area contributed by atoms with Crippen LogP contribution < -0.4 is 5.73 Å². The molecule has 0 saturated carbocycles. The Morgan fingerprint density at radius 1 is 1.42 bits per heavy atom. The van der Waals surface area contributed by atoms with Crippen LogP contribution in [0.4, 0.5) is 10.1 Å². The van der Waals surface area contributed by atoms with Crippen LogP contribution in [0.1, 0.15) is 20.1 Å². The normalized spacial score (nSPS) is 10.6. The zero-order valence-corrected chi connectivity index (χ0v) is 11.8. The minimum absolute atomic E-state index is 0.326. The van der Waals surface area contributed by atoms with E-state index in [-0.39, 0.29) is 5.82 Å². The monoisotopic (exact) mass is 297 g/mol. The Morgan fingerprint density at radius 3 is 2.74 bits per heavy atom. The summed E-state index contributed by atoms with van der Waals surface area (Å²) in [4.78, 5) is 12.9. The first-order valence-corrected chi connectivity index (χ1v) is 7.27. The molecular formula is C13H12FNO2S2. The third kappa shape index (κ3) is 3.48. The van der Waals surface area contributed by atoms with Crippen LogP contribution in [0.3, 0.4) is 0 Å². The molecule has 0 unspecified atom stereocenters. The van der Waals surface area contributed by atoms with Gasteiger partial charge in [0.2, 0.25) is 0 Å². The molecule has 1 heterocycles. The molecule has 0 saturated heterocycles. The number of carbonyl (C=O) groups is 1. The summed E-state index contributed by atoms with van der Waals surface area (Å²) in [6.45, 7) is 1.88. The molecule has 0 atom stereocenters. The first kappa shape index (κ1) is 13.9. The largest absolute Gasteiger partial charge is 0.477 e. The van der Waals surface area contributed by atoms with Gasteiger partial charge in [-0.15, -0.1) is 23.1 Å². The number of hydrogen-bond donors (Lipinski definition) is 2. The Hall–Kier alpha value is -1.53. The fourth-order valence-electron chi connectivity index (χ4n) is 1.60. The van der Waals surface area contributed by atoms with E-state index in [0.717, 1.165) is 15.3 Å². The molecule has 0 radical (unpaired) electrons. The fourth-order valence-corrected chi connectivity index (χ4v) is 3.61. The van der Waals surface area contributed by atoms with Crippen molar-refractivity contribution in [2.75, 3.05) is 5.73 Å². The van der Waals surface area contributed by atoms with Gasteiger partial charge < -0.3 is 10.8 Å². The van der Waals surface area contributed by atoms with E-state index in [9.17, 15) is 9.18 Å². The molecule has 1 aromatic heterocycles. The molecular weight excluding hydrogens is 285 g/mol. The number of hydrogen-bond acceptors (Lipinski definition) is 4. The number of carboxylic acid groups (broad SMARTS) is 1. The van der Waals surface area contributed by atoms with Crippen LogP contribution in [0.15, 0.2) is 29.2 Å². The maximum atomic E-state index is 13.2. The van der Waals surface area contributed by atoms with E-state index in [1.807, 2.05) is 6.92 Å². The molecule has 100 valence electrons. The van der Waals surface area contributed by atoms with Gasteiger partial charge in [-0.25, -0.2) is 9.18 Å². The predicted molar refractivity (Wildman–Crippen MR) is 76.4 cm³/mol. The second kappa shape index (κ2) is 5.63. The van der Waals surface area contributed by atoms with Crippen LogP contribution in [-0.2, 0) is 5.75 Å². The maximum absolute atomic E-state index is 13.2. The van der Waals surface area contributed by atoms with Crippen molar-refractivity contribution in [2.45, 2.75) is 17.6 Å². The van der Waals surface area contributed by atoms with Crippen molar-refractivity contribution in [1.29, 1.82) is 0 Å². The van der Waals surface area contributed by atoms with Crippen LogP contribution in [0, 0.1) is 12.7 Å². The van der Waals surface area contributed by atoms with E-state index < -0.39 is 5.97 Å². The number of thiophene rings is 1. The molecule has 0 aliphatic heterocycles. The molecule has 6 heteroatoms. The van der Waals surface area contributed by atoms with E-state index in [1.165, 1.54) is 35.2 Å². The lowest BCUT2D eigenvalue weighted by molar-refractivity contribution is 0.0702. The van der Waals surface area contributed by atoms with Gasteiger partial charge in [0.1, 0.15) is 10.7 Å². The Bertz CT molecular complexity index is 605. The molecule has 0 aliphatic rings. The minimum Gasteiger partial charge on any atom is -0.477 e. The van der Waals surface area contributed by atoms with Crippen molar-refractivity contribution in [3.8, 4) is 0 Å². The second-order valence-electron chi connectivity index (χ2n) is 4.01. The molecule has 0 amide bonds. The number of aromatic carboxylic acids is 1. The van der Waals surface area contributed by atoms with Crippen LogP contribution in [0.25, 0.3) is 0 Å². The fraction of sp³-hybridized carbons (Fsp3) is 0.154. The van der Waals surface area contributed by atoms with Gasteiger partial charge in [-0.05, 0) is 36.8 Å². The number of nitrogen functional groups attached to an aromatic ring is 1. The summed E-state index contributed by atoms with van der Waals surface area (Å²) in [6, 6.07) is 6.05. The first-order chi connectivity index (χ1) is 8.95. The zero-order valence-electron chi connectivity index (χ0n) is 10.1. The molecule has 0 bridgehead atoms. The highest BCUT2D eigenvalue weighted by molar-refractivity contribution is 7.98. The second-order valence-corrected chi connectivity index (χ2v) is 6.31. The van der Waals surface area contributed by atoms with E-state index >= 15 is 0 Å². The molecule has 0 aliphatic carbocycles. The van der Waals surface area contributed by atoms with Crippen molar-refractivity contribution in [3.63, 3.8) is 0 Å². The summed E-state index contributed by atoms with van der Waals surface area (Å²) < 4.78 is 13.2. The van der Waals surface area contributed by atoms with Gasteiger partial charge in [-0.2, -0.15) is 0 Å². The first-order valence-electron chi connectivity index (χ1n) is 5.47. The number of rotatable bonds is 4. The van der Waals surface area contributed by atoms with Crippen molar-refractivity contribution < 1.29 is 14.3 Å². The molecule has 0 fully saturated rings. The van der Waals surface area contributed by atoms with Gasteiger partial charge >= 0.3 is 5.97 Å². The standard InChI is InChI=1S/C13H12FNO2S2/c1-7-8(2-12(19-7)13(16)17)6-18-11-4-9(14)3-10(15)5-11/h2-5H,6,15H2,1H3,(H,16,17). The third-order valence-electron chi connectivity index (χ3n) is 2.52. The lowest BCUT2D eigenvalue weighted by Gasteiger charge is -2.03. The smallest absolute Gasteiger partial charge is 0.345 e. The van der Waals surface area contributed by atoms with E-state index in [4.69, 9.17) is 10.8 Å². The number of halogens is 1. The van der Waals surface area contributed by atoms with Crippen molar-refractivity contribution >= 4 is 34.8 Å². The highest BCUT2D eigenvalue weighted by Crippen LogP contribution is 2.30. The Labute approximate surface area is 118 Å². The lowest BCUT2D eigenvalue weighted by Crippen LogP contribution is -1.90. The summed E-state index contributed by atoms with van der Waals surface area (Å²) in [5, 5.41) is 8.92. The zero-order chi connectivity index (χ0) is 14.0. The van der Waals surface area contributed by atoms with Crippen LogP contribution in [0.2, 0.25) is 0 Å². The highest BCUT2D eigenvalue weighted by atomic mass is 32.2. The number of thioether (sulfide) groups is 1. The lowest BCUT2D eigenvalue weighted by atomic mass is 10.3. The summed E-state index contributed by atoms with van der Waals surface area (Å²) >= 11 is 2.69. The highest BCUT2D eigenvalue weighted by Gasteiger charge is 2.11. The van der Waals surface area contributed by atoms with Crippen LogP contribution in [-0.4, -0.2) is 11.1 Å². The predicted octanol–water partition coefficient (Wildman–Crippen LogP) is 3.77. The van der Waals surface area contributed by atoms with Crippen molar-refractivity contribution in [2.24, 2.45) is 0 Å². The Kier molecular flexibility index (Phi) is 4.11. The number of nitrogens with two attached hydrogens (primary N) is 1. The summed E-state index contributed by atoms with van der Waals surface area (Å²) in [7, 11) is 0. The van der Waals surface area contributed by atoms with Gasteiger partial charge in [0.05, 0.1) is 0 Å². The average Bonchev–Trinajstić information content (AvgIpc) is 2.67. The van der Waals surface area contributed by atoms with Gasteiger partial charge in [-0.1, -0.05) is 0 Å². The Balaban J connectivity index is 2.12. The average molecular weight is 297 g/mol. The van der Waals surface area contributed by atoms with Gasteiger partial charge in [0.25, 0.3) is 0 Å². The van der Waals surface area contributed by atoms with Gasteiger partial charge in [0, 0.05) is 21.2 Å². The summed E-state index contributed by atoms with van der Waals surface area (Å²) in [5.74, 6) is -0.687. The summed E-state index contributed by atoms with van der Waals surface area (Å²) in [6.07, 6.45) is 0.